The second kappa shape index (κ2) is 6.35. The van der Waals surface area contributed by atoms with Gasteiger partial charge in [-0.15, -0.1) is 0 Å². The van der Waals surface area contributed by atoms with E-state index in [1.165, 1.54) is 0 Å². The Morgan fingerprint density at radius 2 is 2.04 bits per heavy atom. The Morgan fingerprint density at radius 3 is 2.88 bits per heavy atom. The maximum Gasteiger partial charge on any atom is 0.321 e. The molecule has 0 atom stereocenters. The number of rotatable bonds is 4. The number of fused-ring (bicyclic) bond motifs is 1. The number of carbonyl (C=O) groups is 2. The van der Waals surface area contributed by atoms with Crippen LogP contribution in [0, 0.1) is 0 Å². The number of hydrogen-bond donors (Lipinski definition) is 2. The van der Waals surface area contributed by atoms with Crippen LogP contribution in [0.3, 0.4) is 0 Å². The number of urea groups is 1. The van der Waals surface area contributed by atoms with E-state index in [1.54, 1.807) is 23.1 Å². The van der Waals surface area contributed by atoms with E-state index in [1.807, 2.05) is 24.3 Å². The molecule has 0 aliphatic carbocycles. The van der Waals surface area contributed by atoms with Crippen molar-refractivity contribution in [2.75, 3.05) is 24.8 Å². The van der Waals surface area contributed by atoms with Crippen molar-refractivity contribution >= 4 is 17.6 Å². The second-order valence-corrected chi connectivity index (χ2v) is 5.80. The lowest BCUT2D eigenvalue weighted by atomic mass is 10.1. The fourth-order valence-corrected chi connectivity index (χ4v) is 2.87. The molecule has 2 heterocycles. The summed E-state index contributed by atoms with van der Waals surface area (Å²) in [6.45, 7) is 1.81. The van der Waals surface area contributed by atoms with Gasteiger partial charge in [-0.1, -0.05) is 12.1 Å². The van der Waals surface area contributed by atoms with Crippen molar-refractivity contribution in [2.45, 2.75) is 6.54 Å². The minimum absolute atomic E-state index is 0.141. The molecule has 2 aromatic carbocycles. The largest absolute Gasteiger partial charge is 0.454 e. The number of nitrogens with one attached hydrogen (secondary N) is 2. The number of carbonyl (C=O) groups excluding carboxylic acids is 2. The van der Waals surface area contributed by atoms with Crippen LogP contribution in [-0.4, -0.2) is 31.8 Å². The van der Waals surface area contributed by atoms with E-state index >= 15 is 0 Å². The number of anilines is 1. The molecule has 1 saturated heterocycles. The molecule has 3 amide bonds. The Morgan fingerprint density at radius 1 is 1.16 bits per heavy atom. The molecule has 1 fully saturated rings. The van der Waals surface area contributed by atoms with Crippen LogP contribution < -0.4 is 25.0 Å². The standard InChI is InChI=1S/C18H17N3O4/c22-17(20-10-12-4-5-15-16(8-12)25-11-24-15)13-2-1-3-14(9-13)21-7-6-19-18(21)23/h1-5,8-9H,6-7,10-11H2,(H,19,23)(H,20,22). The molecule has 2 aliphatic heterocycles. The molecule has 7 heteroatoms. The molecule has 2 aliphatic rings. The highest BCUT2D eigenvalue weighted by Crippen LogP contribution is 2.32. The molecule has 128 valence electrons. The van der Waals surface area contributed by atoms with E-state index in [0.717, 1.165) is 5.56 Å². The van der Waals surface area contributed by atoms with Gasteiger partial charge in [0.25, 0.3) is 5.91 Å². The smallest absolute Gasteiger partial charge is 0.321 e. The van der Waals surface area contributed by atoms with Crippen LogP contribution in [0.2, 0.25) is 0 Å². The van der Waals surface area contributed by atoms with Gasteiger partial charge in [-0.25, -0.2) is 4.79 Å². The van der Waals surface area contributed by atoms with Gasteiger partial charge in [0.15, 0.2) is 11.5 Å². The summed E-state index contributed by atoms with van der Waals surface area (Å²) >= 11 is 0. The maximum absolute atomic E-state index is 12.4. The van der Waals surface area contributed by atoms with E-state index in [4.69, 9.17) is 9.47 Å². The highest BCUT2D eigenvalue weighted by molar-refractivity contribution is 5.98. The first-order valence-electron chi connectivity index (χ1n) is 8.03. The van der Waals surface area contributed by atoms with Gasteiger partial charge in [-0.3, -0.25) is 9.69 Å². The summed E-state index contributed by atoms with van der Waals surface area (Å²) in [5, 5.41) is 5.63. The normalized spacial score (nSPS) is 15.2. The van der Waals surface area contributed by atoms with Crippen LogP contribution in [0.5, 0.6) is 11.5 Å². The van der Waals surface area contributed by atoms with Gasteiger partial charge < -0.3 is 20.1 Å². The highest BCUT2D eigenvalue weighted by atomic mass is 16.7. The van der Waals surface area contributed by atoms with Crippen LogP contribution in [0.15, 0.2) is 42.5 Å². The van der Waals surface area contributed by atoms with E-state index in [-0.39, 0.29) is 18.7 Å². The fraction of sp³-hybridized carbons (Fsp3) is 0.222. The lowest BCUT2D eigenvalue weighted by molar-refractivity contribution is 0.0951. The zero-order valence-electron chi connectivity index (χ0n) is 13.5. The van der Waals surface area contributed by atoms with Crippen LogP contribution >= 0.6 is 0 Å². The summed E-state index contributed by atoms with van der Waals surface area (Å²) in [6.07, 6.45) is 0. The lowest BCUT2D eigenvalue weighted by Gasteiger charge is -2.15. The van der Waals surface area contributed by atoms with Crippen LogP contribution in [0.1, 0.15) is 15.9 Å². The Labute approximate surface area is 144 Å². The zero-order chi connectivity index (χ0) is 17.2. The van der Waals surface area contributed by atoms with Crippen molar-refractivity contribution in [1.29, 1.82) is 0 Å². The van der Waals surface area contributed by atoms with Gasteiger partial charge in [0.2, 0.25) is 6.79 Å². The average Bonchev–Trinajstić information content (AvgIpc) is 3.27. The number of ether oxygens (including phenoxy) is 2. The van der Waals surface area contributed by atoms with Crippen molar-refractivity contribution in [3.8, 4) is 11.5 Å². The third-order valence-electron chi connectivity index (χ3n) is 4.17. The summed E-state index contributed by atoms with van der Waals surface area (Å²) in [4.78, 5) is 25.8. The van der Waals surface area contributed by atoms with Crippen molar-refractivity contribution in [2.24, 2.45) is 0 Å². The van der Waals surface area contributed by atoms with E-state index in [0.29, 0.717) is 42.4 Å². The first-order chi connectivity index (χ1) is 12.2. The van der Waals surface area contributed by atoms with Gasteiger partial charge in [-0.2, -0.15) is 0 Å². The Kier molecular flexibility index (Phi) is 3.89. The monoisotopic (exact) mass is 339 g/mol. The molecule has 25 heavy (non-hydrogen) atoms. The van der Waals surface area contributed by atoms with E-state index in [2.05, 4.69) is 10.6 Å². The predicted octanol–water partition coefficient (Wildman–Crippen LogP) is 1.87. The molecule has 0 aromatic heterocycles. The van der Waals surface area contributed by atoms with Crippen LogP contribution in [0.4, 0.5) is 10.5 Å². The number of benzene rings is 2. The quantitative estimate of drug-likeness (QED) is 0.891. The third-order valence-corrected chi connectivity index (χ3v) is 4.17. The van der Waals surface area contributed by atoms with Gasteiger partial charge in [0.1, 0.15) is 0 Å². The second-order valence-electron chi connectivity index (χ2n) is 5.80. The number of amides is 3. The molecule has 2 aromatic rings. The van der Waals surface area contributed by atoms with Crippen molar-refractivity contribution in [1.82, 2.24) is 10.6 Å². The maximum atomic E-state index is 12.4. The van der Waals surface area contributed by atoms with Crippen LogP contribution in [0.25, 0.3) is 0 Å². The molecular formula is C18H17N3O4. The minimum atomic E-state index is -0.195. The fourth-order valence-electron chi connectivity index (χ4n) is 2.87. The number of nitrogens with zero attached hydrogens (tertiary/aromatic N) is 1. The first-order valence-corrected chi connectivity index (χ1v) is 8.03. The Balaban J connectivity index is 1.43. The summed E-state index contributed by atoms with van der Waals surface area (Å²) in [6, 6.07) is 12.5. The Hall–Kier alpha value is -3.22. The average molecular weight is 339 g/mol. The van der Waals surface area contributed by atoms with Gasteiger partial charge in [0, 0.05) is 30.9 Å². The number of hydrogen-bond acceptors (Lipinski definition) is 4. The summed E-state index contributed by atoms with van der Waals surface area (Å²) < 4.78 is 10.6. The Bertz CT molecular complexity index is 837. The third kappa shape index (κ3) is 3.08. The lowest BCUT2D eigenvalue weighted by Crippen LogP contribution is -2.28. The molecule has 4 rings (SSSR count). The predicted molar refractivity (Wildman–Crippen MR) is 90.9 cm³/mol. The molecule has 0 saturated carbocycles. The molecular weight excluding hydrogens is 322 g/mol. The summed E-state index contributed by atoms with van der Waals surface area (Å²) in [5.74, 6) is 1.21. The molecule has 2 N–H and O–H groups in total. The van der Waals surface area contributed by atoms with Crippen LogP contribution in [-0.2, 0) is 6.54 Å². The SMILES string of the molecule is O=C(NCc1ccc2c(c1)OCO2)c1cccc(N2CCNC2=O)c1. The molecule has 0 radical (unpaired) electrons. The topological polar surface area (TPSA) is 79.9 Å². The molecule has 0 spiro atoms. The molecule has 7 nitrogen and oxygen atoms in total. The zero-order valence-corrected chi connectivity index (χ0v) is 13.5. The van der Waals surface area contributed by atoms with Crippen molar-refractivity contribution in [3.05, 3.63) is 53.6 Å². The van der Waals surface area contributed by atoms with E-state index in [9.17, 15) is 9.59 Å². The molecule has 0 unspecified atom stereocenters. The highest BCUT2D eigenvalue weighted by Gasteiger charge is 2.21. The first kappa shape index (κ1) is 15.3. The van der Waals surface area contributed by atoms with Gasteiger partial charge in [0.05, 0.1) is 0 Å². The van der Waals surface area contributed by atoms with Gasteiger partial charge >= 0.3 is 6.03 Å². The van der Waals surface area contributed by atoms with Gasteiger partial charge in [-0.05, 0) is 35.9 Å². The molecule has 0 bridgehead atoms. The van der Waals surface area contributed by atoms with Crippen molar-refractivity contribution in [3.63, 3.8) is 0 Å². The summed E-state index contributed by atoms with van der Waals surface area (Å²) in [5.41, 5.74) is 2.15. The van der Waals surface area contributed by atoms with E-state index < -0.39 is 0 Å². The summed E-state index contributed by atoms with van der Waals surface area (Å²) in [7, 11) is 0. The van der Waals surface area contributed by atoms with Crippen molar-refractivity contribution < 1.29 is 19.1 Å². The minimum Gasteiger partial charge on any atom is -0.454 e.